The number of halogens is 4. The summed E-state index contributed by atoms with van der Waals surface area (Å²) in [5.74, 6) is -0.833. The maximum atomic E-state index is 13.6. The van der Waals surface area contributed by atoms with Crippen molar-refractivity contribution in [3.63, 3.8) is 0 Å². The van der Waals surface area contributed by atoms with Gasteiger partial charge in [-0.25, -0.2) is 0 Å². The fourth-order valence-corrected chi connectivity index (χ4v) is 2.91. The minimum Gasteiger partial charge on any atom is -0.496 e. The normalized spacial score (nSPS) is 11.2. The van der Waals surface area contributed by atoms with Crippen molar-refractivity contribution < 1.29 is 32.4 Å². The van der Waals surface area contributed by atoms with Crippen LogP contribution in [0.2, 0.25) is 5.02 Å². The molecule has 0 aromatic heterocycles. The van der Waals surface area contributed by atoms with Crippen molar-refractivity contribution in [3.05, 3.63) is 56.6 Å². The van der Waals surface area contributed by atoms with Gasteiger partial charge in [0.2, 0.25) is 0 Å². The molecule has 0 spiro atoms. The summed E-state index contributed by atoms with van der Waals surface area (Å²) >= 11 is 5.91. The molecule has 2 aromatic rings. The smallest absolute Gasteiger partial charge is 0.417 e. The van der Waals surface area contributed by atoms with Crippen molar-refractivity contribution >= 4 is 23.3 Å². The molecule has 2 aromatic carbocycles. The Morgan fingerprint density at radius 1 is 1.25 bits per heavy atom. The predicted molar refractivity (Wildman–Crippen MR) is 95.4 cm³/mol. The van der Waals surface area contributed by atoms with Gasteiger partial charge in [0.1, 0.15) is 5.75 Å². The van der Waals surface area contributed by atoms with Gasteiger partial charge in [-0.1, -0.05) is 17.7 Å². The molecule has 0 atom stereocenters. The molecule has 10 heteroatoms. The highest BCUT2D eigenvalue weighted by Crippen LogP contribution is 2.47. The second-order valence-corrected chi connectivity index (χ2v) is 6.01. The number of esters is 1. The average Bonchev–Trinajstić information content (AvgIpc) is 2.60. The van der Waals surface area contributed by atoms with E-state index in [1.165, 1.54) is 19.2 Å². The van der Waals surface area contributed by atoms with E-state index in [9.17, 15) is 28.1 Å². The third-order valence-corrected chi connectivity index (χ3v) is 4.06. The van der Waals surface area contributed by atoms with E-state index in [-0.39, 0.29) is 28.5 Å². The highest BCUT2D eigenvalue weighted by atomic mass is 35.5. The number of hydrogen-bond donors (Lipinski definition) is 0. The fourth-order valence-electron chi connectivity index (χ4n) is 2.74. The van der Waals surface area contributed by atoms with E-state index in [2.05, 4.69) is 0 Å². The molecule has 0 bridgehead atoms. The van der Waals surface area contributed by atoms with Gasteiger partial charge >= 0.3 is 12.1 Å². The summed E-state index contributed by atoms with van der Waals surface area (Å²) in [6.45, 7) is 1.57. The SMILES string of the molecule is CCOC(=O)Cc1ccc(C(F)(F)F)c(-c2cc(Cl)ccc2OC)c1[N+](=O)[O-]. The molecule has 2 rings (SSSR count). The Labute approximate surface area is 163 Å². The van der Waals surface area contributed by atoms with Crippen LogP contribution in [0.3, 0.4) is 0 Å². The molecular weight excluding hydrogens is 403 g/mol. The Balaban J connectivity index is 2.88. The Hall–Kier alpha value is -2.81. The first-order valence-electron chi connectivity index (χ1n) is 7.97. The van der Waals surface area contributed by atoms with Crippen LogP contribution in [0, 0.1) is 10.1 Å². The van der Waals surface area contributed by atoms with E-state index in [1.807, 2.05) is 0 Å². The summed E-state index contributed by atoms with van der Waals surface area (Å²) in [7, 11) is 1.22. The molecular formula is C18H15ClF3NO5. The first-order valence-corrected chi connectivity index (χ1v) is 8.34. The van der Waals surface area contributed by atoms with Crippen LogP contribution in [0.15, 0.2) is 30.3 Å². The number of alkyl halides is 3. The molecule has 0 aliphatic heterocycles. The van der Waals surface area contributed by atoms with Crippen molar-refractivity contribution in [2.45, 2.75) is 19.5 Å². The zero-order valence-electron chi connectivity index (χ0n) is 14.8. The number of nitro groups is 1. The van der Waals surface area contributed by atoms with Crippen LogP contribution < -0.4 is 4.74 Å². The molecule has 150 valence electrons. The third-order valence-electron chi connectivity index (χ3n) is 3.82. The van der Waals surface area contributed by atoms with Crippen molar-refractivity contribution in [1.82, 2.24) is 0 Å². The standard InChI is InChI=1S/C18H15ClF3NO5/c1-3-28-15(24)8-10-4-6-13(18(20,21)22)16(17(10)23(25)26)12-9-11(19)5-7-14(12)27-2/h4-7,9H,3,8H2,1-2H3. The molecule has 0 aliphatic rings. The summed E-state index contributed by atoms with van der Waals surface area (Å²) in [4.78, 5) is 22.6. The number of carbonyl (C=O) groups excluding carboxylic acids is 1. The topological polar surface area (TPSA) is 78.7 Å². The zero-order chi connectivity index (χ0) is 21.1. The van der Waals surface area contributed by atoms with Crippen LogP contribution in [0.1, 0.15) is 18.1 Å². The van der Waals surface area contributed by atoms with Crippen molar-refractivity contribution in [2.24, 2.45) is 0 Å². The van der Waals surface area contributed by atoms with E-state index in [1.54, 1.807) is 6.92 Å². The molecule has 0 amide bonds. The molecule has 0 heterocycles. The van der Waals surface area contributed by atoms with Crippen LogP contribution >= 0.6 is 11.6 Å². The minimum atomic E-state index is -4.89. The average molecular weight is 418 g/mol. The molecule has 28 heavy (non-hydrogen) atoms. The summed E-state index contributed by atoms with van der Waals surface area (Å²) in [5.41, 5.74) is -3.25. The molecule has 0 saturated heterocycles. The molecule has 6 nitrogen and oxygen atoms in total. The number of rotatable bonds is 6. The van der Waals surface area contributed by atoms with Gasteiger partial charge in [-0.05, 0) is 31.2 Å². The van der Waals surface area contributed by atoms with Crippen molar-refractivity contribution in [2.75, 3.05) is 13.7 Å². The Kier molecular flexibility index (Phi) is 6.50. The van der Waals surface area contributed by atoms with Gasteiger partial charge in [-0.3, -0.25) is 14.9 Å². The number of nitrogens with zero attached hydrogens (tertiary/aromatic N) is 1. The minimum absolute atomic E-state index is 0.0300. The Morgan fingerprint density at radius 3 is 2.46 bits per heavy atom. The molecule has 0 N–H and O–H groups in total. The van der Waals surface area contributed by atoms with Crippen LogP contribution in [0.4, 0.5) is 18.9 Å². The van der Waals surface area contributed by atoms with Gasteiger partial charge in [0, 0.05) is 16.1 Å². The molecule has 0 saturated carbocycles. The number of ether oxygens (including phenoxy) is 2. The Bertz CT molecular complexity index is 915. The van der Waals surface area contributed by atoms with Gasteiger partial charge in [0.05, 0.1) is 36.2 Å². The van der Waals surface area contributed by atoms with Gasteiger partial charge in [0.15, 0.2) is 0 Å². The maximum Gasteiger partial charge on any atom is 0.417 e. The lowest BCUT2D eigenvalue weighted by Gasteiger charge is -2.17. The highest BCUT2D eigenvalue weighted by molar-refractivity contribution is 6.31. The predicted octanol–water partition coefficient (Wildman–Crippen LogP) is 5.05. The van der Waals surface area contributed by atoms with E-state index >= 15 is 0 Å². The zero-order valence-corrected chi connectivity index (χ0v) is 15.6. The van der Waals surface area contributed by atoms with Crippen molar-refractivity contribution in [1.29, 1.82) is 0 Å². The summed E-state index contributed by atoms with van der Waals surface area (Å²) < 4.78 is 50.8. The van der Waals surface area contributed by atoms with Gasteiger partial charge < -0.3 is 9.47 Å². The fraction of sp³-hybridized carbons (Fsp3) is 0.278. The number of benzene rings is 2. The van der Waals surface area contributed by atoms with E-state index in [0.717, 1.165) is 12.1 Å². The van der Waals surface area contributed by atoms with E-state index in [4.69, 9.17) is 21.1 Å². The van der Waals surface area contributed by atoms with Crippen LogP contribution in [-0.4, -0.2) is 24.6 Å². The van der Waals surface area contributed by atoms with Crippen LogP contribution in [-0.2, 0) is 22.1 Å². The lowest BCUT2D eigenvalue weighted by molar-refractivity contribution is -0.385. The summed E-state index contributed by atoms with van der Waals surface area (Å²) in [6, 6.07) is 5.42. The number of methoxy groups -OCH3 is 1. The lowest BCUT2D eigenvalue weighted by atomic mass is 9.92. The van der Waals surface area contributed by atoms with Gasteiger partial charge in [-0.2, -0.15) is 13.2 Å². The van der Waals surface area contributed by atoms with Crippen molar-refractivity contribution in [3.8, 4) is 16.9 Å². The Morgan fingerprint density at radius 2 is 1.93 bits per heavy atom. The third kappa shape index (κ3) is 4.53. The molecule has 0 unspecified atom stereocenters. The molecule has 0 aliphatic carbocycles. The van der Waals surface area contributed by atoms with E-state index < -0.39 is 40.3 Å². The number of hydrogen-bond acceptors (Lipinski definition) is 5. The van der Waals surface area contributed by atoms with Crippen LogP contribution in [0.25, 0.3) is 11.1 Å². The number of nitro benzene ring substituents is 1. The van der Waals surface area contributed by atoms with Gasteiger partial charge in [0.25, 0.3) is 5.69 Å². The first kappa shape index (κ1) is 21.5. The lowest BCUT2D eigenvalue weighted by Crippen LogP contribution is -2.14. The first-order chi connectivity index (χ1) is 13.1. The monoisotopic (exact) mass is 417 g/mol. The number of carbonyl (C=O) groups is 1. The largest absolute Gasteiger partial charge is 0.496 e. The summed E-state index contributed by atoms with van der Waals surface area (Å²) in [6.07, 6.45) is -5.45. The maximum absolute atomic E-state index is 13.6. The highest BCUT2D eigenvalue weighted by Gasteiger charge is 2.39. The van der Waals surface area contributed by atoms with Gasteiger partial charge in [-0.15, -0.1) is 0 Å². The second-order valence-electron chi connectivity index (χ2n) is 5.58. The van der Waals surface area contributed by atoms with Crippen LogP contribution in [0.5, 0.6) is 5.75 Å². The second kappa shape index (κ2) is 8.47. The quantitative estimate of drug-likeness (QED) is 0.373. The molecule has 0 radical (unpaired) electrons. The molecule has 0 fully saturated rings. The summed E-state index contributed by atoms with van der Waals surface area (Å²) in [5, 5.41) is 11.8. The van der Waals surface area contributed by atoms with E-state index in [0.29, 0.717) is 6.07 Å².